The molecule has 2 aromatic rings. The highest BCUT2D eigenvalue weighted by molar-refractivity contribution is 7.16. The van der Waals surface area contributed by atoms with Crippen LogP contribution in [-0.4, -0.2) is 50.2 Å². The number of rotatable bonds is 7. The van der Waals surface area contributed by atoms with Crippen molar-refractivity contribution in [1.82, 2.24) is 4.90 Å². The molecule has 10 heteroatoms. The zero-order chi connectivity index (χ0) is 24.0. The number of para-hydroxylation sites is 1. The van der Waals surface area contributed by atoms with Gasteiger partial charge in [0.2, 0.25) is 5.91 Å². The van der Waals surface area contributed by atoms with E-state index in [4.69, 9.17) is 9.47 Å². The molecule has 1 N–H and O–H groups in total. The Morgan fingerprint density at radius 1 is 1.27 bits per heavy atom. The van der Waals surface area contributed by atoms with Crippen LogP contribution in [0.15, 0.2) is 24.3 Å². The van der Waals surface area contributed by atoms with Crippen LogP contribution in [0.25, 0.3) is 0 Å². The number of esters is 1. The molecule has 1 unspecified atom stereocenters. The molecule has 0 radical (unpaired) electrons. The summed E-state index contributed by atoms with van der Waals surface area (Å²) < 4.78 is 14.8. The van der Waals surface area contributed by atoms with Gasteiger partial charge in [0.1, 0.15) is 16.8 Å². The normalized spacial score (nSPS) is 13.3. The van der Waals surface area contributed by atoms with E-state index < -0.39 is 18.7 Å². The topological polar surface area (TPSA) is 118 Å². The fraction of sp³-hybridized carbons (Fsp3) is 0.391. The number of thiophene rings is 1. The number of fused-ring (bicyclic) bond motifs is 1. The standard InChI is InChI=1S/C23H25N3O6S/c1-14(15-6-4-5-7-18(15)30-2)10-20(27)25-22-17(11-24)16-8-9-26(12-19(16)33-22)23(29)32-13-21(28)31-3/h4-7,14H,8-10,12-13H2,1-3H3,(H,25,27). The molecule has 33 heavy (non-hydrogen) atoms. The van der Waals surface area contributed by atoms with Crippen LogP contribution >= 0.6 is 11.3 Å². The molecule has 3 rings (SSSR count). The van der Waals surface area contributed by atoms with Crippen molar-refractivity contribution in [2.24, 2.45) is 0 Å². The van der Waals surface area contributed by atoms with E-state index in [1.807, 2.05) is 31.2 Å². The Balaban J connectivity index is 1.67. The van der Waals surface area contributed by atoms with Gasteiger partial charge in [-0.2, -0.15) is 5.26 Å². The lowest BCUT2D eigenvalue weighted by atomic mass is 9.96. The second-order valence-electron chi connectivity index (χ2n) is 7.52. The fourth-order valence-electron chi connectivity index (χ4n) is 3.68. The first kappa shape index (κ1) is 24.1. The third-order valence-electron chi connectivity index (χ3n) is 5.38. The van der Waals surface area contributed by atoms with Crippen molar-refractivity contribution >= 4 is 34.3 Å². The molecule has 0 fully saturated rings. The molecule has 1 atom stereocenters. The lowest BCUT2D eigenvalue weighted by Crippen LogP contribution is -2.36. The second-order valence-corrected chi connectivity index (χ2v) is 8.62. The quantitative estimate of drug-likeness (QED) is 0.615. The minimum Gasteiger partial charge on any atom is -0.496 e. The summed E-state index contributed by atoms with van der Waals surface area (Å²) in [6.07, 6.45) is 0.0455. The average Bonchev–Trinajstić information content (AvgIpc) is 3.17. The molecule has 0 saturated heterocycles. The summed E-state index contributed by atoms with van der Waals surface area (Å²) in [6, 6.07) is 9.74. The van der Waals surface area contributed by atoms with Crippen LogP contribution < -0.4 is 10.1 Å². The van der Waals surface area contributed by atoms with Crippen LogP contribution in [0, 0.1) is 11.3 Å². The molecular formula is C23H25N3O6S. The third-order valence-corrected chi connectivity index (χ3v) is 6.51. The molecule has 1 aromatic carbocycles. The Morgan fingerprint density at radius 3 is 2.73 bits per heavy atom. The van der Waals surface area contributed by atoms with Gasteiger partial charge < -0.3 is 24.4 Å². The maximum Gasteiger partial charge on any atom is 0.410 e. The number of amides is 2. The Hall–Kier alpha value is -3.58. The van der Waals surface area contributed by atoms with E-state index in [9.17, 15) is 19.6 Å². The number of carbonyl (C=O) groups is 3. The maximum atomic E-state index is 12.7. The summed E-state index contributed by atoms with van der Waals surface area (Å²) in [5.74, 6) is -0.211. The number of nitriles is 1. The van der Waals surface area contributed by atoms with E-state index >= 15 is 0 Å². The van der Waals surface area contributed by atoms with Crippen LogP contribution in [0.5, 0.6) is 5.75 Å². The predicted octanol–water partition coefficient (Wildman–Crippen LogP) is 3.43. The number of hydrogen-bond acceptors (Lipinski definition) is 8. The smallest absolute Gasteiger partial charge is 0.410 e. The van der Waals surface area contributed by atoms with Gasteiger partial charge in [0.05, 0.1) is 26.3 Å². The van der Waals surface area contributed by atoms with Gasteiger partial charge in [-0.05, 0) is 29.5 Å². The monoisotopic (exact) mass is 471 g/mol. The molecule has 0 spiro atoms. The lowest BCUT2D eigenvalue weighted by Gasteiger charge is -2.25. The largest absolute Gasteiger partial charge is 0.496 e. The van der Waals surface area contributed by atoms with Crippen molar-refractivity contribution in [2.45, 2.75) is 32.2 Å². The van der Waals surface area contributed by atoms with Crippen molar-refractivity contribution in [3.05, 3.63) is 45.8 Å². The van der Waals surface area contributed by atoms with E-state index in [0.29, 0.717) is 23.5 Å². The van der Waals surface area contributed by atoms with Crippen molar-refractivity contribution in [1.29, 1.82) is 5.26 Å². The predicted molar refractivity (Wildman–Crippen MR) is 121 cm³/mol. The molecule has 174 valence electrons. The van der Waals surface area contributed by atoms with E-state index in [1.54, 1.807) is 7.11 Å². The molecule has 0 saturated carbocycles. The van der Waals surface area contributed by atoms with Crippen molar-refractivity contribution in [2.75, 3.05) is 32.7 Å². The fourth-order valence-corrected chi connectivity index (χ4v) is 4.91. The summed E-state index contributed by atoms with van der Waals surface area (Å²) in [5, 5.41) is 13.0. The molecular weight excluding hydrogens is 446 g/mol. The Labute approximate surface area is 195 Å². The van der Waals surface area contributed by atoms with Gasteiger partial charge in [-0.3, -0.25) is 4.79 Å². The van der Waals surface area contributed by atoms with Gasteiger partial charge in [-0.15, -0.1) is 11.3 Å². The van der Waals surface area contributed by atoms with Crippen LogP contribution in [0.3, 0.4) is 0 Å². The van der Waals surface area contributed by atoms with Crippen LogP contribution in [0.2, 0.25) is 0 Å². The zero-order valence-corrected chi connectivity index (χ0v) is 19.5. The first-order chi connectivity index (χ1) is 15.9. The molecule has 0 aliphatic carbocycles. The van der Waals surface area contributed by atoms with Gasteiger partial charge in [-0.1, -0.05) is 25.1 Å². The van der Waals surface area contributed by atoms with Crippen molar-refractivity contribution in [3.63, 3.8) is 0 Å². The van der Waals surface area contributed by atoms with E-state index in [0.717, 1.165) is 21.8 Å². The molecule has 0 bridgehead atoms. The van der Waals surface area contributed by atoms with Gasteiger partial charge in [0, 0.05) is 17.8 Å². The molecule has 1 aliphatic heterocycles. The number of hydrogen-bond donors (Lipinski definition) is 1. The van der Waals surface area contributed by atoms with Gasteiger partial charge in [0.15, 0.2) is 6.61 Å². The highest BCUT2D eigenvalue weighted by Gasteiger charge is 2.29. The molecule has 2 heterocycles. The highest BCUT2D eigenvalue weighted by atomic mass is 32.1. The van der Waals surface area contributed by atoms with E-state index in [-0.39, 0.29) is 24.8 Å². The van der Waals surface area contributed by atoms with Gasteiger partial charge >= 0.3 is 12.1 Å². The van der Waals surface area contributed by atoms with Crippen LogP contribution in [-0.2, 0) is 32.0 Å². The van der Waals surface area contributed by atoms with E-state index in [1.165, 1.54) is 23.3 Å². The minimum atomic E-state index is -0.642. The molecule has 1 aliphatic rings. The Kier molecular flexibility index (Phi) is 7.90. The first-order valence-electron chi connectivity index (χ1n) is 10.3. The summed E-state index contributed by atoms with van der Waals surface area (Å²) in [4.78, 5) is 38.4. The SMILES string of the molecule is COC(=O)COC(=O)N1CCc2c(sc(NC(=O)CC(C)c3ccccc3OC)c2C#N)C1. The summed E-state index contributed by atoms with van der Waals surface area (Å²) in [7, 11) is 2.81. The van der Waals surface area contributed by atoms with Gasteiger partial charge in [-0.25, -0.2) is 9.59 Å². The number of carbonyl (C=O) groups excluding carboxylic acids is 3. The Bertz CT molecular complexity index is 1090. The molecule has 9 nitrogen and oxygen atoms in total. The summed E-state index contributed by atoms with van der Waals surface area (Å²) in [6.45, 7) is 2.07. The van der Waals surface area contributed by atoms with Gasteiger partial charge in [0.25, 0.3) is 0 Å². The second kappa shape index (κ2) is 10.8. The first-order valence-corrected chi connectivity index (χ1v) is 11.2. The highest BCUT2D eigenvalue weighted by Crippen LogP contribution is 2.37. The number of methoxy groups -OCH3 is 2. The van der Waals surface area contributed by atoms with Crippen molar-refractivity contribution < 1.29 is 28.6 Å². The number of nitrogens with zero attached hydrogens (tertiary/aromatic N) is 2. The summed E-state index contributed by atoms with van der Waals surface area (Å²) in [5.41, 5.74) is 2.19. The zero-order valence-electron chi connectivity index (χ0n) is 18.7. The number of nitrogens with one attached hydrogen (secondary N) is 1. The molecule has 2 amide bonds. The Morgan fingerprint density at radius 2 is 2.03 bits per heavy atom. The van der Waals surface area contributed by atoms with Crippen molar-refractivity contribution in [3.8, 4) is 11.8 Å². The number of anilines is 1. The average molecular weight is 472 g/mol. The van der Waals surface area contributed by atoms with Crippen LogP contribution in [0.4, 0.5) is 9.80 Å². The van der Waals surface area contributed by atoms with Crippen LogP contribution in [0.1, 0.15) is 40.8 Å². The number of ether oxygens (including phenoxy) is 3. The van der Waals surface area contributed by atoms with E-state index in [2.05, 4.69) is 16.1 Å². The molecule has 1 aromatic heterocycles. The minimum absolute atomic E-state index is 0.0821. The number of benzene rings is 1. The lowest BCUT2D eigenvalue weighted by molar-refractivity contribution is -0.144. The third kappa shape index (κ3) is 5.62. The summed E-state index contributed by atoms with van der Waals surface area (Å²) >= 11 is 1.28. The maximum absolute atomic E-state index is 12.7.